The van der Waals surface area contributed by atoms with E-state index in [2.05, 4.69) is 57.3 Å². The zero-order chi connectivity index (χ0) is 17.6. The average molecular weight is 346 g/mol. The Morgan fingerprint density at radius 2 is 1.92 bits per heavy atom. The van der Waals surface area contributed by atoms with Crippen LogP contribution in [0.2, 0.25) is 0 Å². The molecule has 1 N–H and O–H groups in total. The Labute approximate surface area is 150 Å². The second-order valence-electron chi connectivity index (χ2n) is 7.07. The number of morpholine rings is 1. The molecule has 0 saturated carbocycles. The summed E-state index contributed by atoms with van der Waals surface area (Å²) in [6.45, 7) is 9.16. The molecule has 1 aromatic carbocycles. The maximum absolute atomic E-state index is 12.3. The van der Waals surface area contributed by atoms with Gasteiger partial charge in [0.15, 0.2) is 0 Å². The number of carbonyl (C=O) groups is 1. The second-order valence-corrected chi connectivity index (χ2v) is 7.07. The average Bonchev–Trinajstić information content (AvgIpc) is 2.66. The maximum atomic E-state index is 12.3. The molecule has 138 valence electrons. The van der Waals surface area contributed by atoms with Crippen molar-refractivity contribution in [1.29, 1.82) is 0 Å². The molecule has 0 spiro atoms. The minimum atomic E-state index is -0.333. The SMILES string of the molecule is C[C@@H](CNC(=O)[C@H]1CN(C)CCO1)N1CCN(c2ccccc2)CC1. The van der Waals surface area contributed by atoms with Gasteiger partial charge in [-0.3, -0.25) is 9.69 Å². The number of ether oxygens (including phenoxy) is 1. The number of hydrogen-bond acceptors (Lipinski definition) is 5. The molecule has 2 saturated heterocycles. The predicted octanol–water partition coefficient (Wildman–Crippen LogP) is 0.644. The number of carbonyl (C=O) groups excluding carboxylic acids is 1. The standard InChI is InChI=1S/C19H30N4O2/c1-16(14-20-19(24)18-15-21(2)12-13-25-18)22-8-10-23(11-9-22)17-6-4-3-5-7-17/h3-7,16,18H,8-15H2,1-2H3,(H,20,24)/t16-,18+/m0/s1. The Bertz CT molecular complexity index is 546. The number of anilines is 1. The van der Waals surface area contributed by atoms with Crippen molar-refractivity contribution in [2.75, 3.05) is 64.4 Å². The van der Waals surface area contributed by atoms with Crippen LogP contribution < -0.4 is 10.2 Å². The van der Waals surface area contributed by atoms with Crippen LogP contribution in [0.15, 0.2) is 30.3 Å². The first-order chi connectivity index (χ1) is 12.1. The van der Waals surface area contributed by atoms with E-state index < -0.39 is 0 Å². The van der Waals surface area contributed by atoms with Crippen molar-refractivity contribution in [3.63, 3.8) is 0 Å². The van der Waals surface area contributed by atoms with Crippen molar-refractivity contribution >= 4 is 11.6 Å². The second kappa shape index (κ2) is 8.65. The van der Waals surface area contributed by atoms with Crippen LogP contribution in [0, 0.1) is 0 Å². The highest BCUT2D eigenvalue weighted by Gasteiger charge is 2.26. The Morgan fingerprint density at radius 3 is 2.60 bits per heavy atom. The fourth-order valence-corrected chi connectivity index (χ4v) is 3.49. The lowest BCUT2D eigenvalue weighted by Gasteiger charge is -2.39. The lowest BCUT2D eigenvalue weighted by Crippen LogP contribution is -2.54. The minimum Gasteiger partial charge on any atom is -0.369 e. The largest absolute Gasteiger partial charge is 0.369 e. The summed E-state index contributed by atoms with van der Waals surface area (Å²) >= 11 is 0. The van der Waals surface area contributed by atoms with E-state index >= 15 is 0 Å². The van der Waals surface area contributed by atoms with E-state index in [1.54, 1.807) is 0 Å². The number of nitrogens with one attached hydrogen (secondary N) is 1. The van der Waals surface area contributed by atoms with Crippen LogP contribution in [0.25, 0.3) is 0 Å². The Balaban J connectivity index is 1.40. The Kier molecular flexibility index (Phi) is 6.29. The normalized spacial score (nSPS) is 24.1. The summed E-state index contributed by atoms with van der Waals surface area (Å²) in [5.41, 5.74) is 1.29. The predicted molar refractivity (Wildman–Crippen MR) is 99.9 cm³/mol. The Morgan fingerprint density at radius 1 is 1.20 bits per heavy atom. The van der Waals surface area contributed by atoms with Crippen LogP contribution in [0.5, 0.6) is 0 Å². The van der Waals surface area contributed by atoms with Crippen molar-refractivity contribution in [2.45, 2.75) is 19.1 Å². The van der Waals surface area contributed by atoms with Gasteiger partial charge in [-0.05, 0) is 26.1 Å². The van der Waals surface area contributed by atoms with E-state index in [0.717, 1.165) is 32.7 Å². The van der Waals surface area contributed by atoms with Crippen LogP contribution in [0.4, 0.5) is 5.69 Å². The van der Waals surface area contributed by atoms with Crippen molar-refractivity contribution in [3.8, 4) is 0 Å². The molecule has 0 aromatic heterocycles. The van der Waals surface area contributed by atoms with Gasteiger partial charge >= 0.3 is 0 Å². The molecule has 0 bridgehead atoms. The third kappa shape index (κ3) is 4.93. The molecule has 25 heavy (non-hydrogen) atoms. The summed E-state index contributed by atoms with van der Waals surface area (Å²) in [6.07, 6.45) is -0.333. The van der Waals surface area contributed by atoms with Crippen molar-refractivity contribution in [2.24, 2.45) is 0 Å². The molecule has 6 heteroatoms. The van der Waals surface area contributed by atoms with Gasteiger partial charge in [0.2, 0.25) is 0 Å². The van der Waals surface area contributed by atoms with E-state index in [0.29, 0.717) is 25.7 Å². The smallest absolute Gasteiger partial charge is 0.250 e. The molecule has 2 fully saturated rings. The molecule has 3 rings (SSSR count). The fraction of sp³-hybridized carbons (Fsp3) is 0.632. The topological polar surface area (TPSA) is 48.1 Å². The lowest BCUT2D eigenvalue weighted by molar-refractivity contribution is -0.138. The minimum absolute atomic E-state index is 0.0151. The van der Waals surface area contributed by atoms with Crippen molar-refractivity contribution in [3.05, 3.63) is 30.3 Å². The molecule has 1 amide bonds. The number of likely N-dealkylation sites (N-methyl/N-ethyl adjacent to an activating group) is 1. The van der Waals surface area contributed by atoms with Gasteiger partial charge in [-0.2, -0.15) is 0 Å². The van der Waals surface area contributed by atoms with E-state index in [9.17, 15) is 4.79 Å². The molecular formula is C19H30N4O2. The summed E-state index contributed by atoms with van der Waals surface area (Å²) in [5, 5.41) is 3.07. The van der Waals surface area contributed by atoms with E-state index in [-0.39, 0.29) is 12.0 Å². The van der Waals surface area contributed by atoms with Crippen LogP contribution in [-0.4, -0.2) is 87.3 Å². The fourth-order valence-electron chi connectivity index (χ4n) is 3.49. The molecular weight excluding hydrogens is 316 g/mol. The first-order valence-corrected chi connectivity index (χ1v) is 9.25. The molecule has 2 aliphatic heterocycles. The first kappa shape index (κ1) is 18.2. The zero-order valence-corrected chi connectivity index (χ0v) is 15.4. The van der Waals surface area contributed by atoms with Gasteiger partial charge in [0.1, 0.15) is 6.10 Å². The third-order valence-corrected chi connectivity index (χ3v) is 5.19. The molecule has 0 unspecified atom stereocenters. The first-order valence-electron chi connectivity index (χ1n) is 9.25. The molecule has 2 atom stereocenters. The van der Waals surface area contributed by atoms with Crippen molar-refractivity contribution < 1.29 is 9.53 Å². The highest BCUT2D eigenvalue weighted by molar-refractivity contribution is 5.81. The van der Waals surface area contributed by atoms with E-state index in [1.165, 1.54) is 5.69 Å². The summed E-state index contributed by atoms with van der Waals surface area (Å²) in [4.78, 5) is 19.3. The number of benzene rings is 1. The number of para-hydroxylation sites is 1. The van der Waals surface area contributed by atoms with Gasteiger partial charge in [0.05, 0.1) is 6.61 Å². The molecule has 0 aliphatic carbocycles. The molecule has 6 nitrogen and oxygen atoms in total. The Hall–Kier alpha value is -1.63. The van der Waals surface area contributed by atoms with Gasteiger partial charge in [-0.1, -0.05) is 18.2 Å². The highest BCUT2D eigenvalue weighted by atomic mass is 16.5. The summed E-state index contributed by atoms with van der Waals surface area (Å²) in [7, 11) is 2.03. The zero-order valence-electron chi connectivity index (χ0n) is 15.4. The maximum Gasteiger partial charge on any atom is 0.250 e. The number of hydrogen-bond donors (Lipinski definition) is 1. The summed E-state index contributed by atoms with van der Waals surface area (Å²) in [5.74, 6) is 0.0151. The van der Waals surface area contributed by atoms with Gasteiger partial charge in [0, 0.05) is 57.5 Å². The molecule has 0 radical (unpaired) electrons. The van der Waals surface area contributed by atoms with E-state index in [4.69, 9.17) is 4.74 Å². The highest BCUT2D eigenvalue weighted by Crippen LogP contribution is 2.16. The van der Waals surface area contributed by atoms with Crippen LogP contribution >= 0.6 is 0 Å². The molecule has 2 aliphatic rings. The lowest BCUT2D eigenvalue weighted by atomic mass is 10.2. The monoisotopic (exact) mass is 346 g/mol. The van der Waals surface area contributed by atoms with Crippen LogP contribution in [-0.2, 0) is 9.53 Å². The van der Waals surface area contributed by atoms with Crippen molar-refractivity contribution in [1.82, 2.24) is 15.1 Å². The molecule has 2 heterocycles. The van der Waals surface area contributed by atoms with Gasteiger partial charge in [0.25, 0.3) is 5.91 Å². The van der Waals surface area contributed by atoms with Gasteiger partial charge in [-0.25, -0.2) is 0 Å². The number of piperazine rings is 1. The summed E-state index contributed by atoms with van der Waals surface area (Å²) < 4.78 is 5.58. The summed E-state index contributed by atoms with van der Waals surface area (Å²) in [6, 6.07) is 10.9. The number of nitrogens with zero attached hydrogens (tertiary/aromatic N) is 3. The van der Waals surface area contributed by atoms with E-state index in [1.807, 2.05) is 7.05 Å². The van der Waals surface area contributed by atoms with Gasteiger partial charge < -0.3 is 19.9 Å². The quantitative estimate of drug-likeness (QED) is 0.848. The third-order valence-electron chi connectivity index (χ3n) is 5.19. The number of rotatable bonds is 5. The number of amides is 1. The van der Waals surface area contributed by atoms with Crippen LogP contribution in [0.3, 0.4) is 0 Å². The molecule has 1 aromatic rings. The van der Waals surface area contributed by atoms with Crippen LogP contribution in [0.1, 0.15) is 6.92 Å². The van der Waals surface area contributed by atoms with Gasteiger partial charge in [-0.15, -0.1) is 0 Å².